The topological polar surface area (TPSA) is 52.3 Å². The van der Waals surface area contributed by atoms with Gasteiger partial charge in [-0.2, -0.15) is 0 Å². The van der Waals surface area contributed by atoms with Crippen molar-refractivity contribution in [2.24, 2.45) is 0 Å². The van der Waals surface area contributed by atoms with E-state index in [1.54, 1.807) is 12.1 Å². The van der Waals surface area contributed by atoms with E-state index < -0.39 is 5.97 Å². The molecule has 0 aliphatic rings. The van der Waals surface area contributed by atoms with Gasteiger partial charge < -0.3 is 10.5 Å². The number of rotatable bonds is 1. The second-order valence-corrected chi connectivity index (χ2v) is 2.71. The number of halogens is 1. The molecule has 0 unspecified atom stereocenters. The van der Waals surface area contributed by atoms with Crippen LogP contribution in [0.3, 0.4) is 0 Å². The van der Waals surface area contributed by atoms with E-state index in [2.05, 4.69) is 0 Å². The van der Waals surface area contributed by atoms with Gasteiger partial charge in [0.2, 0.25) is 0 Å². The van der Waals surface area contributed by atoms with Crippen molar-refractivity contribution in [2.75, 3.05) is 5.73 Å². The van der Waals surface area contributed by atoms with E-state index in [-0.39, 0.29) is 0 Å². The van der Waals surface area contributed by atoms with Crippen molar-refractivity contribution in [2.45, 2.75) is 6.92 Å². The number of esters is 1. The van der Waals surface area contributed by atoms with Gasteiger partial charge >= 0.3 is 5.97 Å². The Kier molecular flexibility index (Phi) is 2.55. The van der Waals surface area contributed by atoms with Crippen LogP contribution in [0, 0.1) is 0 Å². The van der Waals surface area contributed by atoms with Crippen molar-refractivity contribution < 1.29 is 9.53 Å². The van der Waals surface area contributed by atoms with Crippen molar-refractivity contribution in [3.63, 3.8) is 0 Å². The van der Waals surface area contributed by atoms with E-state index in [9.17, 15) is 4.79 Å². The summed E-state index contributed by atoms with van der Waals surface area (Å²) in [7, 11) is 0. The molecule has 1 aromatic carbocycles. The minimum absolute atomic E-state index is 0.301. The molecule has 0 aliphatic carbocycles. The second kappa shape index (κ2) is 3.45. The predicted octanol–water partition coefficient (Wildman–Crippen LogP) is 1.85. The summed E-state index contributed by atoms with van der Waals surface area (Å²) in [4.78, 5) is 10.6. The molecule has 0 saturated heterocycles. The van der Waals surface area contributed by atoms with Gasteiger partial charge in [-0.3, -0.25) is 4.79 Å². The molecular formula is C8H8ClNO2. The van der Waals surface area contributed by atoms with Gasteiger partial charge in [0.25, 0.3) is 0 Å². The lowest BCUT2D eigenvalue weighted by Crippen LogP contribution is -2.03. The Morgan fingerprint density at radius 3 is 2.83 bits per heavy atom. The molecule has 12 heavy (non-hydrogen) atoms. The summed E-state index contributed by atoms with van der Waals surface area (Å²) in [5.74, 6) is -0.112. The smallest absolute Gasteiger partial charge is 0.308 e. The molecule has 1 aromatic rings. The molecule has 4 heteroatoms. The van der Waals surface area contributed by atoms with E-state index >= 15 is 0 Å². The molecule has 0 aromatic heterocycles. The highest BCUT2D eigenvalue weighted by Gasteiger charge is 2.03. The molecule has 64 valence electrons. The molecule has 3 nitrogen and oxygen atoms in total. The Hall–Kier alpha value is -1.22. The minimum atomic E-state index is -0.413. The first-order valence-corrected chi connectivity index (χ1v) is 3.71. The normalized spacial score (nSPS) is 9.50. The van der Waals surface area contributed by atoms with Crippen LogP contribution in [-0.2, 0) is 4.79 Å². The van der Waals surface area contributed by atoms with E-state index in [0.717, 1.165) is 0 Å². The highest BCUT2D eigenvalue weighted by Crippen LogP contribution is 2.25. The van der Waals surface area contributed by atoms with Crippen molar-refractivity contribution >= 4 is 23.3 Å². The van der Waals surface area contributed by atoms with Crippen LogP contribution in [0.5, 0.6) is 5.75 Å². The lowest BCUT2D eigenvalue weighted by molar-refractivity contribution is -0.131. The van der Waals surface area contributed by atoms with E-state index in [1.807, 2.05) is 0 Å². The molecule has 0 radical (unpaired) electrons. The Morgan fingerprint density at radius 1 is 1.58 bits per heavy atom. The van der Waals surface area contributed by atoms with Gasteiger partial charge in [0.05, 0.1) is 5.69 Å². The Balaban J connectivity index is 2.97. The van der Waals surface area contributed by atoms with Crippen LogP contribution >= 0.6 is 11.6 Å². The number of anilines is 1. The second-order valence-electron chi connectivity index (χ2n) is 2.28. The Morgan fingerprint density at radius 2 is 2.25 bits per heavy atom. The molecule has 0 spiro atoms. The van der Waals surface area contributed by atoms with Crippen LogP contribution < -0.4 is 10.5 Å². The lowest BCUT2D eigenvalue weighted by Gasteiger charge is -2.04. The summed E-state index contributed by atoms with van der Waals surface area (Å²) in [5, 5.41) is 0.487. The van der Waals surface area contributed by atoms with Crippen LogP contribution in [0.2, 0.25) is 5.02 Å². The maximum Gasteiger partial charge on any atom is 0.308 e. The number of benzene rings is 1. The summed E-state index contributed by atoms with van der Waals surface area (Å²) >= 11 is 5.65. The van der Waals surface area contributed by atoms with Gasteiger partial charge in [0.15, 0.2) is 5.75 Å². The van der Waals surface area contributed by atoms with Crippen LogP contribution in [0.1, 0.15) is 6.92 Å². The van der Waals surface area contributed by atoms with Gasteiger partial charge in [-0.15, -0.1) is 0 Å². The fourth-order valence-electron chi connectivity index (χ4n) is 0.751. The largest absolute Gasteiger partial charge is 0.424 e. The van der Waals surface area contributed by atoms with E-state index in [4.69, 9.17) is 22.1 Å². The highest BCUT2D eigenvalue weighted by molar-refractivity contribution is 6.30. The van der Waals surface area contributed by atoms with Gasteiger partial charge in [-0.05, 0) is 12.1 Å². The molecule has 0 aliphatic heterocycles. The number of hydrogen-bond acceptors (Lipinski definition) is 3. The van der Waals surface area contributed by atoms with Crippen molar-refractivity contribution in [1.29, 1.82) is 0 Å². The van der Waals surface area contributed by atoms with Crippen LogP contribution in [0.15, 0.2) is 18.2 Å². The maximum absolute atomic E-state index is 10.6. The van der Waals surface area contributed by atoms with Gasteiger partial charge in [-0.1, -0.05) is 11.6 Å². The quantitative estimate of drug-likeness (QED) is 0.413. The standard InChI is InChI=1S/C8H8ClNO2/c1-5(11)12-8-4-6(9)2-3-7(8)10/h2-4H,10H2,1H3. The van der Waals surface area contributed by atoms with Gasteiger partial charge in [-0.25, -0.2) is 0 Å². The van der Waals surface area contributed by atoms with E-state index in [0.29, 0.717) is 16.5 Å². The molecular weight excluding hydrogens is 178 g/mol. The molecule has 0 bridgehead atoms. The first-order valence-electron chi connectivity index (χ1n) is 3.33. The van der Waals surface area contributed by atoms with Crippen LogP contribution in [-0.4, -0.2) is 5.97 Å². The molecule has 1 rings (SSSR count). The van der Waals surface area contributed by atoms with Gasteiger partial charge in [0.1, 0.15) is 0 Å². The molecule has 0 atom stereocenters. The van der Waals surface area contributed by atoms with Crippen molar-refractivity contribution in [3.8, 4) is 5.75 Å². The number of hydrogen-bond donors (Lipinski definition) is 1. The number of nitrogen functional groups attached to an aromatic ring is 1. The zero-order valence-electron chi connectivity index (χ0n) is 6.50. The summed E-state index contributed by atoms with van der Waals surface area (Å²) in [5.41, 5.74) is 5.90. The third-order valence-electron chi connectivity index (χ3n) is 1.23. The van der Waals surface area contributed by atoms with E-state index in [1.165, 1.54) is 13.0 Å². The fourth-order valence-corrected chi connectivity index (χ4v) is 0.914. The summed E-state index contributed by atoms with van der Waals surface area (Å²) < 4.78 is 4.78. The number of ether oxygens (including phenoxy) is 1. The fraction of sp³-hybridized carbons (Fsp3) is 0.125. The maximum atomic E-state index is 10.6. The third kappa shape index (κ3) is 2.13. The number of carbonyl (C=O) groups is 1. The minimum Gasteiger partial charge on any atom is -0.424 e. The highest BCUT2D eigenvalue weighted by atomic mass is 35.5. The van der Waals surface area contributed by atoms with Crippen molar-refractivity contribution in [1.82, 2.24) is 0 Å². The number of nitrogens with two attached hydrogens (primary N) is 1. The Labute approximate surface area is 75.1 Å². The molecule has 0 saturated carbocycles. The summed E-state index contributed by atoms with van der Waals surface area (Å²) in [6.07, 6.45) is 0. The van der Waals surface area contributed by atoms with Crippen LogP contribution in [0.4, 0.5) is 5.69 Å². The summed E-state index contributed by atoms with van der Waals surface area (Å²) in [6, 6.07) is 4.71. The monoisotopic (exact) mass is 185 g/mol. The average molecular weight is 186 g/mol. The molecule has 2 N–H and O–H groups in total. The lowest BCUT2D eigenvalue weighted by atomic mass is 10.3. The zero-order valence-corrected chi connectivity index (χ0v) is 7.26. The number of carbonyl (C=O) groups excluding carboxylic acids is 1. The van der Waals surface area contributed by atoms with Crippen molar-refractivity contribution in [3.05, 3.63) is 23.2 Å². The molecule has 0 amide bonds. The van der Waals surface area contributed by atoms with Crippen LogP contribution in [0.25, 0.3) is 0 Å². The predicted molar refractivity (Wildman–Crippen MR) is 47.2 cm³/mol. The third-order valence-corrected chi connectivity index (χ3v) is 1.46. The molecule has 0 fully saturated rings. The first-order chi connectivity index (χ1) is 5.59. The zero-order chi connectivity index (χ0) is 9.14. The van der Waals surface area contributed by atoms with Gasteiger partial charge in [0, 0.05) is 18.0 Å². The first kappa shape index (κ1) is 8.87. The summed E-state index contributed by atoms with van der Waals surface area (Å²) in [6.45, 7) is 1.31. The molecule has 0 heterocycles. The Bertz CT molecular complexity index is 312. The SMILES string of the molecule is CC(=O)Oc1cc(Cl)ccc1N. The average Bonchev–Trinajstić information content (AvgIpc) is 1.96.